The van der Waals surface area contributed by atoms with E-state index in [9.17, 15) is 18.8 Å². The maximum atomic E-state index is 13.4. The van der Waals surface area contributed by atoms with Crippen molar-refractivity contribution in [3.05, 3.63) is 65.0 Å². The van der Waals surface area contributed by atoms with Gasteiger partial charge in [0.15, 0.2) is 0 Å². The number of rotatable bonds is 2. The summed E-state index contributed by atoms with van der Waals surface area (Å²) in [5.41, 5.74) is 3.55. The number of fused-ring (bicyclic) bond motifs is 1. The molecule has 7 nitrogen and oxygen atoms in total. The molecular weight excluding hydrogens is 389 g/mol. The molecule has 0 aliphatic carbocycles. The van der Waals surface area contributed by atoms with Crippen molar-refractivity contribution < 1.29 is 23.9 Å². The van der Waals surface area contributed by atoms with E-state index in [1.807, 2.05) is 24.3 Å². The fourth-order valence-corrected chi connectivity index (χ4v) is 4.10. The lowest BCUT2D eigenvalue weighted by Crippen LogP contribution is -2.41. The molecule has 0 saturated carbocycles. The van der Waals surface area contributed by atoms with Gasteiger partial charge in [0.05, 0.1) is 0 Å². The molecule has 0 bridgehead atoms. The number of benzene rings is 2. The van der Waals surface area contributed by atoms with E-state index in [4.69, 9.17) is 5.11 Å². The molecule has 156 valence electrons. The van der Waals surface area contributed by atoms with E-state index in [0.717, 1.165) is 16.7 Å². The van der Waals surface area contributed by atoms with Gasteiger partial charge in [-0.2, -0.15) is 0 Å². The van der Waals surface area contributed by atoms with Gasteiger partial charge in [-0.15, -0.1) is 0 Å². The Morgan fingerprint density at radius 3 is 2.27 bits per heavy atom. The van der Waals surface area contributed by atoms with E-state index >= 15 is 0 Å². The number of piperidine rings is 1. The maximum absolute atomic E-state index is 13.4. The quantitative estimate of drug-likeness (QED) is 0.743. The summed E-state index contributed by atoms with van der Waals surface area (Å²) in [6, 6.07) is 11.9. The van der Waals surface area contributed by atoms with Crippen LogP contribution in [0, 0.1) is 5.82 Å². The molecule has 0 radical (unpaired) electrons. The summed E-state index contributed by atoms with van der Waals surface area (Å²) in [5.74, 6) is -2.32. The summed E-state index contributed by atoms with van der Waals surface area (Å²) in [6.45, 7) is 1.67. The van der Waals surface area contributed by atoms with E-state index in [-0.39, 0.29) is 17.8 Å². The van der Waals surface area contributed by atoms with Gasteiger partial charge in [-0.25, -0.2) is 14.0 Å². The van der Waals surface area contributed by atoms with Gasteiger partial charge in [-0.1, -0.05) is 18.2 Å². The lowest BCUT2D eigenvalue weighted by molar-refractivity contribution is -0.156. The number of aliphatic carboxylic acids is 1. The van der Waals surface area contributed by atoms with Crippen molar-refractivity contribution in [3.8, 4) is 0 Å². The van der Waals surface area contributed by atoms with Gasteiger partial charge in [-0.05, 0) is 59.7 Å². The Kier molecular flexibility index (Phi) is 5.39. The SMILES string of the molecule is O=C(O)C(=O)N1CCC(c2ccc(NC(=O)N3Cc4ccc(F)cc4C3)cc2)CC1. The topological polar surface area (TPSA) is 90.0 Å². The number of carboxylic acids is 1. The van der Waals surface area contributed by atoms with Crippen molar-refractivity contribution in [2.75, 3.05) is 18.4 Å². The lowest BCUT2D eigenvalue weighted by Gasteiger charge is -2.31. The summed E-state index contributed by atoms with van der Waals surface area (Å²) in [7, 11) is 0. The van der Waals surface area contributed by atoms with Crippen molar-refractivity contribution in [1.29, 1.82) is 0 Å². The molecule has 8 heteroatoms. The molecule has 2 heterocycles. The van der Waals surface area contributed by atoms with Gasteiger partial charge in [0.2, 0.25) is 0 Å². The number of anilines is 1. The molecule has 0 unspecified atom stereocenters. The molecule has 2 aliphatic rings. The number of likely N-dealkylation sites (tertiary alicyclic amines) is 1. The van der Waals surface area contributed by atoms with Crippen molar-refractivity contribution >= 4 is 23.6 Å². The maximum Gasteiger partial charge on any atom is 0.394 e. The normalized spacial score (nSPS) is 16.3. The first-order valence-electron chi connectivity index (χ1n) is 9.86. The summed E-state index contributed by atoms with van der Waals surface area (Å²) < 4.78 is 13.4. The van der Waals surface area contributed by atoms with Crippen LogP contribution < -0.4 is 5.32 Å². The largest absolute Gasteiger partial charge is 0.474 e. The molecule has 2 aromatic carbocycles. The molecule has 1 saturated heterocycles. The monoisotopic (exact) mass is 411 g/mol. The number of carboxylic acid groups (broad SMARTS) is 1. The number of urea groups is 1. The third kappa shape index (κ3) is 4.12. The Bertz CT molecular complexity index is 984. The van der Waals surface area contributed by atoms with E-state index < -0.39 is 11.9 Å². The van der Waals surface area contributed by atoms with E-state index in [2.05, 4.69) is 5.32 Å². The van der Waals surface area contributed by atoms with Crippen LogP contribution in [0.1, 0.15) is 35.4 Å². The third-order valence-corrected chi connectivity index (χ3v) is 5.78. The minimum Gasteiger partial charge on any atom is -0.474 e. The summed E-state index contributed by atoms with van der Waals surface area (Å²) in [6.07, 6.45) is 1.40. The molecule has 0 spiro atoms. The minimum atomic E-state index is -1.42. The van der Waals surface area contributed by atoms with Crippen LogP contribution >= 0.6 is 0 Å². The Morgan fingerprint density at radius 2 is 1.60 bits per heavy atom. The summed E-state index contributed by atoms with van der Waals surface area (Å²) >= 11 is 0. The van der Waals surface area contributed by atoms with Gasteiger partial charge in [0.1, 0.15) is 5.82 Å². The van der Waals surface area contributed by atoms with Crippen LogP contribution in [0.2, 0.25) is 0 Å². The van der Waals surface area contributed by atoms with Crippen molar-refractivity contribution in [2.24, 2.45) is 0 Å². The van der Waals surface area contributed by atoms with Crippen molar-refractivity contribution in [3.63, 3.8) is 0 Å². The van der Waals surface area contributed by atoms with Crippen LogP contribution in [-0.4, -0.2) is 45.9 Å². The highest BCUT2D eigenvalue weighted by Gasteiger charge is 2.27. The van der Waals surface area contributed by atoms with Gasteiger partial charge in [0.25, 0.3) is 0 Å². The Hall–Kier alpha value is -3.42. The average molecular weight is 411 g/mol. The molecular formula is C22H22FN3O4. The predicted molar refractivity (Wildman–Crippen MR) is 107 cm³/mol. The second-order valence-electron chi connectivity index (χ2n) is 7.69. The second-order valence-corrected chi connectivity index (χ2v) is 7.69. The standard InChI is InChI=1S/C22H22FN3O4/c23-18-4-1-16-12-26(13-17(16)11-18)22(30)24-19-5-2-14(3-6-19)15-7-9-25(10-8-15)20(27)21(28)29/h1-6,11,15H,7-10,12-13H2,(H,24,30)(H,28,29). The van der Waals surface area contributed by atoms with Crippen molar-refractivity contribution in [2.45, 2.75) is 31.8 Å². The van der Waals surface area contributed by atoms with E-state index in [0.29, 0.717) is 44.7 Å². The number of hydrogen-bond acceptors (Lipinski definition) is 3. The first kappa shape index (κ1) is 19.9. The van der Waals surface area contributed by atoms with Crippen LogP contribution in [0.5, 0.6) is 0 Å². The fraction of sp³-hybridized carbons (Fsp3) is 0.318. The minimum absolute atomic E-state index is 0.236. The zero-order valence-corrected chi connectivity index (χ0v) is 16.3. The number of halogens is 1. The molecule has 2 N–H and O–H groups in total. The van der Waals surface area contributed by atoms with Crippen LogP contribution in [0.4, 0.5) is 14.9 Å². The van der Waals surface area contributed by atoms with Crippen LogP contribution in [0.15, 0.2) is 42.5 Å². The molecule has 0 aromatic heterocycles. The van der Waals surface area contributed by atoms with Crippen LogP contribution in [0.3, 0.4) is 0 Å². The molecule has 30 heavy (non-hydrogen) atoms. The first-order chi connectivity index (χ1) is 14.4. The van der Waals surface area contributed by atoms with Gasteiger partial charge in [-0.3, -0.25) is 4.79 Å². The summed E-state index contributed by atoms with van der Waals surface area (Å²) in [5, 5.41) is 11.7. The highest BCUT2D eigenvalue weighted by atomic mass is 19.1. The van der Waals surface area contributed by atoms with Crippen LogP contribution in [-0.2, 0) is 22.7 Å². The molecule has 3 amide bonds. The van der Waals surface area contributed by atoms with Gasteiger partial charge >= 0.3 is 17.9 Å². The Morgan fingerprint density at radius 1 is 0.933 bits per heavy atom. The smallest absolute Gasteiger partial charge is 0.394 e. The third-order valence-electron chi connectivity index (χ3n) is 5.78. The summed E-state index contributed by atoms with van der Waals surface area (Å²) in [4.78, 5) is 37.9. The van der Waals surface area contributed by atoms with E-state index in [1.165, 1.54) is 17.0 Å². The highest BCUT2D eigenvalue weighted by Crippen LogP contribution is 2.29. The Labute approximate surface area is 173 Å². The molecule has 1 fully saturated rings. The van der Waals surface area contributed by atoms with E-state index in [1.54, 1.807) is 11.0 Å². The number of nitrogens with zero attached hydrogens (tertiary/aromatic N) is 2. The number of amides is 3. The number of hydrogen-bond donors (Lipinski definition) is 2. The molecule has 2 aliphatic heterocycles. The zero-order valence-electron chi connectivity index (χ0n) is 16.3. The molecule has 2 aromatic rings. The Balaban J connectivity index is 1.32. The first-order valence-corrected chi connectivity index (χ1v) is 9.86. The lowest BCUT2D eigenvalue weighted by atomic mass is 9.89. The number of carbonyl (C=O) groups is 3. The zero-order chi connectivity index (χ0) is 21.3. The predicted octanol–water partition coefficient (Wildman–Crippen LogP) is 3.16. The van der Waals surface area contributed by atoms with Crippen LogP contribution in [0.25, 0.3) is 0 Å². The highest BCUT2D eigenvalue weighted by molar-refractivity contribution is 6.31. The van der Waals surface area contributed by atoms with Gasteiger partial charge in [0, 0.05) is 31.9 Å². The number of carbonyl (C=O) groups excluding carboxylic acids is 2. The fourth-order valence-electron chi connectivity index (χ4n) is 4.10. The van der Waals surface area contributed by atoms with Crippen molar-refractivity contribution in [1.82, 2.24) is 9.80 Å². The van der Waals surface area contributed by atoms with Gasteiger partial charge < -0.3 is 20.2 Å². The molecule has 0 atom stereocenters. The second kappa shape index (κ2) is 8.14. The molecule has 4 rings (SSSR count). The number of nitrogens with one attached hydrogen (secondary N) is 1. The average Bonchev–Trinajstić information content (AvgIpc) is 3.17.